The van der Waals surface area contributed by atoms with E-state index < -0.39 is 0 Å². The smallest absolute Gasteiger partial charge is 0.120 e. The monoisotopic (exact) mass is 269 g/mol. The topological polar surface area (TPSA) is 41.5 Å². The van der Waals surface area contributed by atoms with E-state index in [9.17, 15) is 5.11 Å². The molecule has 18 heavy (non-hydrogen) atoms. The van der Waals surface area contributed by atoms with Crippen LogP contribution in [0.15, 0.2) is 24.3 Å². The molecule has 1 atom stereocenters. The number of ether oxygens (including phenoxy) is 1. The molecule has 0 bridgehead atoms. The molecule has 0 radical (unpaired) electrons. The van der Waals surface area contributed by atoms with Crippen molar-refractivity contribution in [2.75, 3.05) is 19.7 Å². The van der Waals surface area contributed by atoms with Crippen molar-refractivity contribution in [2.45, 2.75) is 25.4 Å². The second-order valence-corrected chi connectivity index (χ2v) is 5.19. The number of benzene rings is 1. The predicted octanol–water partition coefficient (Wildman–Crippen LogP) is 2.47. The molecule has 1 unspecified atom stereocenters. The number of halogens is 1. The molecule has 1 aromatic rings. The van der Waals surface area contributed by atoms with Gasteiger partial charge in [0, 0.05) is 11.4 Å². The Bertz CT molecular complexity index is 367. The summed E-state index contributed by atoms with van der Waals surface area (Å²) in [7, 11) is 0. The lowest BCUT2D eigenvalue weighted by molar-refractivity contribution is 0.0674. The van der Waals surface area contributed by atoms with Gasteiger partial charge in [-0.15, -0.1) is 0 Å². The number of piperidine rings is 1. The van der Waals surface area contributed by atoms with E-state index in [-0.39, 0.29) is 6.10 Å². The summed E-state index contributed by atoms with van der Waals surface area (Å²) in [5, 5.41) is 14.0. The molecule has 1 aliphatic heterocycles. The highest BCUT2D eigenvalue weighted by molar-refractivity contribution is 6.30. The first-order chi connectivity index (χ1) is 8.75. The van der Waals surface area contributed by atoms with Crippen molar-refractivity contribution in [3.05, 3.63) is 29.3 Å². The maximum absolute atomic E-state index is 10.1. The minimum Gasteiger partial charge on any atom is -0.493 e. The van der Waals surface area contributed by atoms with E-state index in [1.54, 1.807) is 6.07 Å². The van der Waals surface area contributed by atoms with Crippen molar-refractivity contribution >= 4 is 11.6 Å². The van der Waals surface area contributed by atoms with Crippen LogP contribution in [0.25, 0.3) is 0 Å². The van der Waals surface area contributed by atoms with Gasteiger partial charge in [-0.25, -0.2) is 0 Å². The molecule has 0 amide bonds. The molecular weight excluding hydrogens is 250 g/mol. The Labute approximate surface area is 113 Å². The minimum atomic E-state index is -0.258. The number of rotatable bonds is 5. The van der Waals surface area contributed by atoms with Gasteiger partial charge in [0.05, 0.1) is 12.7 Å². The molecule has 1 aromatic carbocycles. The number of aliphatic hydroxyl groups is 1. The maximum atomic E-state index is 10.1. The third-order valence-corrected chi connectivity index (χ3v) is 3.64. The quantitative estimate of drug-likeness (QED) is 0.863. The van der Waals surface area contributed by atoms with Crippen LogP contribution in [-0.2, 0) is 0 Å². The fourth-order valence-electron chi connectivity index (χ4n) is 2.32. The molecule has 0 aromatic heterocycles. The third kappa shape index (κ3) is 4.16. The molecular formula is C14H20ClNO2. The Morgan fingerprint density at radius 2 is 2.17 bits per heavy atom. The van der Waals surface area contributed by atoms with E-state index in [0.29, 0.717) is 24.0 Å². The largest absolute Gasteiger partial charge is 0.493 e. The van der Waals surface area contributed by atoms with Crippen LogP contribution in [0.3, 0.4) is 0 Å². The van der Waals surface area contributed by atoms with Crippen LogP contribution in [-0.4, -0.2) is 30.9 Å². The molecule has 1 heterocycles. The molecule has 0 aliphatic carbocycles. The number of nitrogens with one attached hydrogen (secondary N) is 1. The van der Waals surface area contributed by atoms with Crippen molar-refractivity contribution in [1.82, 2.24) is 5.32 Å². The summed E-state index contributed by atoms with van der Waals surface area (Å²) < 4.78 is 5.59. The number of aliphatic hydroxyl groups excluding tert-OH is 1. The van der Waals surface area contributed by atoms with Gasteiger partial charge in [-0.3, -0.25) is 0 Å². The highest BCUT2D eigenvalue weighted by Crippen LogP contribution is 2.20. The molecule has 4 heteroatoms. The summed E-state index contributed by atoms with van der Waals surface area (Å²) >= 11 is 5.87. The average Bonchev–Trinajstić information content (AvgIpc) is 2.40. The maximum Gasteiger partial charge on any atom is 0.120 e. The van der Waals surface area contributed by atoms with Crippen LogP contribution in [0.4, 0.5) is 0 Å². The molecule has 100 valence electrons. The zero-order chi connectivity index (χ0) is 12.8. The first kappa shape index (κ1) is 13.7. The Balaban J connectivity index is 1.71. The Morgan fingerprint density at radius 1 is 1.39 bits per heavy atom. The lowest BCUT2D eigenvalue weighted by Crippen LogP contribution is -2.34. The van der Waals surface area contributed by atoms with Gasteiger partial charge < -0.3 is 15.2 Å². The Hall–Kier alpha value is -0.770. The molecule has 3 nitrogen and oxygen atoms in total. The summed E-state index contributed by atoms with van der Waals surface area (Å²) in [6.45, 7) is 2.55. The molecule has 0 spiro atoms. The lowest BCUT2D eigenvalue weighted by atomic mass is 9.91. The van der Waals surface area contributed by atoms with Crippen molar-refractivity contribution < 1.29 is 9.84 Å². The lowest BCUT2D eigenvalue weighted by Gasteiger charge is -2.27. The number of hydrogen-bond donors (Lipinski definition) is 2. The average molecular weight is 270 g/mol. The van der Waals surface area contributed by atoms with E-state index in [1.807, 2.05) is 18.2 Å². The van der Waals surface area contributed by atoms with Gasteiger partial charge in [-0.1, -0.05) is 17.7 Å². The van der Waals surface area contributed by atoms with Crippen LogP contribution >= 0.6 is 11.6 Å². The molecule has 1 aliphatic rings. The molecule has 2 N–H and O–H groups in total. The number of hydrogen-bond acceptors (Lipinski definition) is 3. The predicted molar refractivity (Wildman–Crippen MR) is 73.2 cm³/mol. The van der Waals surface area contributed by atoms with Gasteiger partial charge in [0.25, 0.3) is 0 Å². The SMILES string of the molecule is OC(CCOc1cccc(Cl)c1)C1CCNCC1. The van der Waals surface area contributed by atoms with Gasteiger partial charge in [0.15, 0.2) is 0 Å². The van der Waals surface area contributed by atoms with E-state index in [4.69, 9.17) is 16.3 Å². The second-order valence-electron chi connectivity index (χ2n) is 4.75. The Morgan fingerprint density at radius 3 is 2.89 bits per heavy atom. The standard InChI is InChI=1S/C14H20ClNO2/c15-12-2-1-3-13(10-12)18-9-6-14(17)11-4-7-16-8-5-11/h1-3,10-11,14,16-17H,4-9H2. The van der Waals surface area contributed by atoms with Crippen molar-refractivity contribution in [3.63, 3.8) is 0 Å². The van der Waals surface area contributed by atoms with Gasteiger partial charge >= 0.3 is 0 Å². The first-order valence-corrected chi connectivity index (χ1v) is 6.90. The summed E-state index contributed by atoms with van der Waals surface area (Å²) in [6, 6.07) is 7.35. The fourth-order valence-corrected chi connectivity index (χ4v) is 2.50. The van der Waals surface area contributed by atoms with E-state index >= 15 is 0 Å². The normalized spacial score (nSPS) is 18.6. The highest BCUT2D eigenvalue weighted by atomic mass is 35.5. The van der Waals surface area contributed by atoms with Gasteiger partial charge in [0.1, 0.15) is 5.75 Å². The van der Waals surface area contributed by atoms with Crippen molar-refractivity contribution in [3.8, 4) is 5.75 Å². The van der Waals surface area contributed by atoms with E-state index in [2.05, 4.69) is 5.32 Å². The summed E-state index contributed by atoms with van der Waals surface area (Å²) in [5.74, 6) is 1.18. The molecule has 1 saturated heterocycles. The first-order valence-electron chi connectivity index (χ1n) is 6.53. The van der Waals surface area contributed by atoms with E-state index in [0.717, 1.165) is 31.7 Å². The van der Waals surface area contributed by atoms with Crippen molar-refractivity contribution in [2.24, 2.45) is 5.92 Å². The Kier molecular flexibility index (Phi) is 5.29. The molecule has 0 saturated carbocycles. The van der Waals surface area contributed by atoms with E-state index in [1.165, 1.54) is 0 Å². The zero-order valence-electron chi connectivity index (χ0n) is 10.4. The molecule has 1 fully saturated rings. The van der Waals surface area contributed by atoms with Crippen LogP contribution in [0.5, 0.6) is 5.75 Å². The summed E-state index contributed by atoms with van der Waals surface area (Å²) in [5.41, 5.74) is 0. The van der Waals surface area contributed by atoms with Gasteiger partial charge in [-0.2, -0.15) is 0 Å². The fraction of sp³-hybridized carbons (Fsp3) is 0.571. The van der Waals surface area contributed by atoms with Gasteiger partial charge in [0.2, 0.25) is 0 Å². The highest BCUT2D eigenvalue weighted by Gasteiger charge is 2.21. The van der Waals surface area contributed by atoms with Gasteiger partial charge in [-0.05, 0) is 50.0 Å². The third-order valence-electron chi connectivity index (χ3n) is 3.41. The summed E-state index contributed by atoms with van der Waals surface area (Å²) in [6.07, 6.45) is 2.53. The minimum absolute atomic E-state index is 0.258. The van der Waals surface area contributed by atoms with Crippen LogP contribution < -0.4 is 10.1 Å². The molecule has 2 rings (SSSR count). The summed E-state index contributed by atoms with van der Waals surface area (Å²) in [4.78, 5) is 0. The zero-order valence-corrected chi connectivity index (χ0v) is 11.2. The van der Waals surface area contributed by atoms with Crippen molar-refractivity contribution in [1.29, 1.82) is 0 Å². The van der Waals surface area contributed by atoms with Crippen LogP contribution in [0.2, 0.25) is 5.02 Å². The van der Waals surface area contributed by atoms with Crippen LogP contribution in [0, 0.1) is 5.92 Å². The van der Waals surface area contributed by atoms with Crippen LogP contribution in [0.1, 0.15) is 19.3 Å². The second kappa shape index (κ2) is 6.98.